The lowest BCUT2D eigenvalue weighted by atomic mass is 9.99. The minimum Gasteiger partial charge on any atom is -0.186 e. The lowest BCUT2D eigenvalue weighted by Gasteiger charge is -2.06. The molecule has 1 rings (SSSR count). The summed E-state index contributed by atoms with van der Waals surface area (Å²) >= 11 is 0. The Morgan fingerprint density at radius 1 is 1.23 bits per heavy atom. The maximum absolute atomic E-state index is 8.12. The highest BCUT2D eigenvalue weighted by molar-refractivity contribution is 5.20. The highest BCUT2D eigenvalue weighted by Crippen LogP contribution is 2.16. The van der Waals surface area contributed by atoms with E-state index in [0.29, 0.717) is 5.92 Å². The van der Waals surface area contributed by atoms with Crippen LogP contribution >= 0.6 is 0 Å². The van der Waals surface area contributed by atoms with Gasteiger partial charge >= 0.3 is 6.15 Å². The van der Waals surface area contributed by atoms with Gasteiger partial charge in [0.2, 0.25) is 0 Å². The monoisotopic (exact) mass is 178 g/mol. The smallest absolute Gasteiger partial charge is 0.186 e. The Morgan fingerprint density at radius 3 is 2.08 bits per heavy atom. The van der Waals surface area contributed by atoms with Crippen LogP contribution in [0.4, 0.5) is 0 Å². The van der Waals surface area contributed by atoms with E-state index in [1.807, 2.05) is 0 Å². The van der Waals surface area contributed by atoms with Gasteiger partial charge in [-0.15, -0.1) is 0 Å². The zero-order chi connectivity index (χ0) is 10.1. The van der Waals surface area contributed by atoms with Gasteiger partial charge in [-0.05, 0) is 17.9 Å². The molecule has 2 heteroatoms. The lowest BCUT2D eigenvalue weighted by Crippen LogP contribution is -1.88. The Hall–Kier alpha value is -1.40. The SMILES string of the molecule is CC[C@@H](C)c1ccccc1.O=C=O. The zero-order valence-electron chi connectivity index (χ0n) is 7.99. The molecule has 2 nitrogen and oxygen atoms in total. The average Bonchev–Trinajstić information content (AvgIpc) is 2.19. The highest BCUT2D eigenvalue weighted by Gasteiger charge is 1.98. The Labute approximate surface area is 78.6 Å². The van der Waals surface area contributed by atoms with Crippen molar-refractivity contribution in [1.82, 2.24) is 0 Å². The summed E-state index contributed by atoms with van der Waals surface area (Å²) in [5, 5.41) is 0. The number of carbonyl (C=O) groups excluding carboxylic acids is 2. The molecule has 0 aliphatic carbocycles. The Bertz CT molecular complexity index is 248. The average molecular weight is 178 g/mol. The molecule has 0 aliphatic heterocycles. The van der Waals surface area contributed by atoms with Crippen molar-refractivity contribution in [2.45, 2.75) is 26.2 Å². The fourth-order valence-electron chi connectivity index (χ4n) is 1.02. The van der Waals surface area contributed by atoms with E-state index in [2.05, 4.69) is 44.2 Å². The molecule has 0 radical (unpaired) electrons. The quantitative estimate of drug-likeness (QED) is 0.697. The molecule has 0 spiro atoms. The van der Waals surface area contributed by atoms with Gasteiger partial charge in [0.15, 0.2) is 0 Å². The van der Waals surface area contributed by atoms with E-state index in [-0.39, 0.29) is 6.15 Å². The third-order valence-electron chi connectivity index (χ3n) is 1.98. The van der Waals surface area contributed by atoms with Crippen LogP contribution in [0, 0.1) is 0 Å². The van der Waals surface area contributed by atoms with Crippen LogP contribution in [0.1, 0.15) is 31.7 Å². The molecule has 0 bridgehead atoms. The highest BCUT2D eigenvalue weighted by atomic mass is 16.2. The van der Waals surface area contributed by atoms with E-state index in [1.54, 1.807) is 0 Å². The minimum atomic E-state index is 0.250. The van der Waals surface area contributed by atoms with E-state index in [1.165, 1.54) is 12.0 Å². The Morgan fingerprint density at radius 2 is 1.69 bits per heavy atom. The first kappa shape index (κ1) is 11.6. The van der Waals surface area contributed by atoms with Gasteiger partial charge in [-0.1, -0.05) is 44.2 Å². The number of benzene rings is 1. The Balaban J connectivity index is 0.000000424. The van der Waals surface area contributed by atoms with Crippen LogP contribution in [0.2, 0.25) is 0 Å². The van der Waals surface area contributed by atoms with Gasteiger partial charge in [-0.3, -0.25) is 0 Å². The van der Waals surface area contributed by atoms with Crippen LogP contribution in [-0.4, -0.2) is 6.15 Å². The second-order valence-corrected chi connectivity index (χ2v) is 2.80. The largest absolute Gasteiger partial charge is 0.373 e. The van der Waals surface area contributed by atoms with Crippen molar-refractivity contribution >= 4 is 6.15 Å². The molecule has 0 amide bonds. The molecular formula is C11H14O2. The number of rotatable bonds is 2. The van der Waals surface area contributed by atoms with Gasteiger partial charge in [0.05, 0.1) is 0 Å². The molecule has 0 aliphatic rings. The van der Waals surface area contributed by atoms with Crippen molar-refractivity contribution in [3.8, 4) is 0 Å². The lowest BCUT2D eigenvalue weighted by molar-refractivity contribution is -0.191. The van der Waals surface area contributed by atoms with Crippen LogP contribution < -0.4 is 0 Å². The van der Waals surface area contributed by atoms with Crippen molar-refractivity contribution in [2.75, 3.05) is 0 Å². The van der Waals surface area contributed by atoms with Gasteiger partial charge < -0.3 is 0 Å². The summed E-state index contributed by atoms with van der Waals surface area (Å²) in [6.45, 7) is 4.48. The second kappa shape index (κ2) is 7.26. The summed E-state index contributed by atoms with van der Waals surface area (Å²) in [7, 11) is 0. The Kier molecular flexibility index (Phi) is 6.48. The third-order valence-corrected chi connectivity index (χ3v) is 1.98. The summed E-state index contributed by atoms with van der Waals surface area (Å²) in [4.78, 5) is 16.2. The van der Waals surface area contributed by atoms with Crippen LogP contribution in [0.15, 0.2) is 30.3 Å². The van der Waals surface area contributed by atoms with Crippen molar-refractivity contribution in [3.05, 3.63) is 35.9 Å². The van der Waals surface area contributed by atoms with Gasteiger partial charge in [0.1, 0.15) is 0 Å². The van der Waals surface area contributed by atoms with Crippen molar-refractivity contribution in [2.24, 2.45) is 0 Å². The van der Waals surface area contributed by atoms with Crippen molar-refractivity contribution in [1.29, 1.82) is 0 Å². The molecular weight excluding hydrogens is 164 g/mol. The van der Waals surface area contributed by atoms with E-state index < -0.39 is 0 Å². The molecule has 1 atom stereocenters. The first-order valence-electron chi connectivity index (χ1n) is 4.30. The molecule has 0 unspecified atom stereocenters. The summed E-state index contributed by atoms with van der Waals surface area (Å²) < 4.78 is 0. The van der Waals surface area contributed by atoms with Crippen LogP contribution in [0.3, 0.4) is 0 Å². The van der Waals surface area contributed by atoms with Gasteiger partial charge in [-0.25, -0.2) is 0 Å². The zero-order valence-corrected chi connectivity index (χ0v) is 7.99. The van der Waals surface area contributed by atoms with Crippen LogP contribution in [-0.2, 0) is 9.59 Å². The predicted octanol–water partition coefficient (Wildman–Crippen LogP) is 2.62. The maximum atomic E-state index is 8.12. The van der Waals surface area contributed by atoms with Gasteiger partial charge in [-0.2, -0.15) is 9.59 Å². The first-order valence-corrected chi connectivity index (χ1v) is 4.30. The number of hydrogen-bond donors (Lipinski definition) is 0. The van der Waals surface area contributed by atoms with E-state index in [4.69, 9.17) is 9.59 Å². The number of hydrogen-bond acceptors (Lipinski definition) is 2. The van der Waals surface area contributed by atoms with E-state index in [0.717, 1.165) is 0 Å². The normalized spacial score (nSPS) is 10.6. The fourth-order valence-corrected chi connectivity index (χ4v) is 1.02. The molecule has 1 aromatic carbocycles. The fraction of sp³-hybridized carbons (Fsp3) is 0.364. The molecule has 70 valence electrons. The van der Waals surface area contributed by atoms with Crippen molar-refractivity contribution < 1.29 is 9.59 Å². The summed E-state index contributed by atoms with van der Waals surface area (Å²) in [6.07, 6.45) is 1.48. The summed E-state index contributed by atoms with van der Waals surface area (Å²) in [5.41, 5.74) is 1.45. The van der Waals surface area contributed by atoms with E-state index >= 15 is 0 Å². The minimum absolute atomic E-state index is 0.250. The maximum Gasteiger partial charge on any atom is 0.373 e. The molecule has 0 fully saturated rings. The van der Waals surface area contributed by atoms with E-state index in [9.17, 15) is 0 Å². The molecule has 0 heterocycles. The van der Waals surface area contributed by atoms with Gasteiger partial charge in [0.25, 0.3) is 0 Å². The first-order chi connectivity index (χ1) is 6.26. The summed E-state index contributed by atoms with van der Waals surface area (Å²) in [6, 6.07) is 10.6. The molecule has 0 saturated carbocycles. The third kappa shape index (κ3) is 4.94. The van der Waals surface area contributed by atoms with Crippen molar-refractivity contribution in [3.63, 3.8) is 0 Å². The predicted molar refractivity (Wildman–Crippen MR) is 50.2 cm³/mol. The molecule has 0 saturated heterocycles. The molecule has 1 aromatic rings. The molecule has 13 heavy (non-hydrogen) atoms. The molecule has 0 aromatic heterocycles. The molecule has 0 N–H and O–H groups in total. The standard InChI is InChI=1S/C10H14.CO2/c1-3-9(2)10-7-5-4-6-8-10;2-1-3/h4-9H,3H2,1-2H3;/t9-;/m1./s1. The topological polar surface area (TPSA) is 34.1 Å². The second-order valence-electron chi connectivity index (χ2n) is 2.80. The van der Waals surface area contributed by atoms with Crippen LogP contribution in [0.25, 0.3) is 0 Å². The van der Waals surface area contributed by atoms with Gasteiger partial charge in [0, 0.05) is 0 Å². The summed E-state index contributed by atoms with van der Waals surface area (Å²) in [5.74, 6) is 0.709. The van der Waals surface area contributed by atoms with Crippen LogP contribution in [0.5, 0.6) is 0 Å².